The minimum Gasteiger partial charge on any atom is -0.451 e. The average molecular weight is 395 g/mol. The fourth-order valence-electron chi connectivity index (χ4n) is 2.75. The molecule has 2 N–H and O–H groups in total. The van der Waals surface area contributed by atoms with E-state index in [0.29, 0.717) is 6.54 Å². The molecule has 1 aliphatic rings. The highest BCUT2D eigenvalue weighted by Crippen LogP contribution is 2.32. The maximum Gasteiger partial charge on any atom is 0.183 e. The normalized spacial score (nSPS) is 22.3. The fourth-order valence-corrected chi connectivity index (χ4v) is 3.36. The number of nitrogens with two attached hydrogens (primary N) is 1. The second-order valence-electron chi connectivity index (χ2n) is 5.38. The van der Waals surface area contributed by atoms with Crippen molar-refractivity contribution >= 4 is 31.9 Å². The largest absolute Gasteiger partial charge is 0.451 e. The van der Waals surface area contributed by atoms with Crippen molar-refractivity contribution in [2.24, 2.45) is 11.7 Å². The van der Waals surface area contributed by atoms with Gasteiger partial charge in [-0.15, -0.1) is 0 Å². The van der Waals surface area contributed by atoms with Gasteiger partial charge in [0.2, 0.25) is 0 Å². The van der Waals surface area contributed by atoms with Gasteiger partial charge in [-0.2, -0.15) is 0 Å². The first kappa shape index (κ1) is 15.5. The minimum atomic E-state index is 0.133. The Bertz CT molecular complexity index is 405. The van der Waals surface area contributed by atoms with Crippen LogP contribution in [-0.2, 0) is 0 Å². The van der Waals surface area contributed by atoms with Crippen LogP contribution in [0.25, 0.3) is 0 Å². The van der Waals surface area contributed by atoms with Crippen molar-refractivity contribution in [2.45, 2.75) is 12.5 Å². The van der Waals surface area contributed by atoms with Crippen molar-refractivity contribution < 1.29 is 4.42 Å². The van der Waals surface area contributed by atoms with E-state index in [1.807, 2.05) is 6.07 Å². The fraction of sp³-hybridized carbons (Fsp3) is 0.692. The van der Waals surface area contributed by atoms with E-state index < -0.39 is 0 Å². The number of halogens is 2. The molecule has 2 heterocycles. The topological polar surface area (TPSA) is 45.6 Å². The van der Waals surface area contributed by atoms with Crippen molar-refractivity contribution in [1.29, 1.82) is 0 Å². The maximum atomic E-state index is 5.92. The van der Waals surface area contributed by atoms with Crippen molar-refractivity contribution in [1.82, 2.24) is 9.80 Å². The Morgan fingerprint density at radius 3 is 2.79 bits per heavy atom. The van der Waals surface area contributed by atoms with Gasteiger partial charge in [0.05, 0.1) is 10.5 Å². The van der Waals surface area contributed by atoms with Gasteiger partial charge in [0.15, 0.2) is 4.67 Å². The van der Waals surface area contributed by atoms with Crippen LogP contribution in [0.4, 0.5) is 0 Å². The van der Waals surface area contributed by atoms with E-state index in [9.17, 15) is 0 Å². The summed E-state index contributed by atoms with van der Waals surface area (Å²) in [6.45, 7) is 3.99. The van der Waals surface area contributed by atoms with E-state index in [4.69, 9.17) is 10.2 Å². The highest BCUT2D eigenvalue weighted by atomic mass is 79.9. The number of hydrogen-bond acceptors (Lipinski definition) is 4. The average Bonchev–Trinajstić information content (AvgIpc) is 2.88. The van der Waals surface area contributed by atoms with Gasteiger partial charge in [-0.1, -0.05) is 0 Å². The van der Waals surface area contributed by atoms with Crippen molar-refractivity contribution in [3.05, 3.63) is 21.0 Å². The molecule has 0 aliphatic carbocycles. The van der Waals surface area contributed by atoms with Crippen molar-refractivity contribution in [3.63, 3.8) is 0 Å². The third-order valence-electron chi connectivity index (χ3n) is 3.78. The van der Waals surface area contributed by atoms with Crippen LogP contribution < -0.4 is 5.73 Å². The summed E-state index contributed by atoms with van der Waals surface area (Å²) in [5.41, 5.74) is 5.92. The molecule has 19 heavy (non-hydrogen) atoms. The van der Waals surface area contributed by atoms with Crippen LogP contribution in [0.15, 0.2) is 19.6 Å². The van der Waals surface area contributed by atoms with E-state index in [0.717, 1.165) is 27.4 Å². The Hall–Kier alpha value is 0.120. The molecule has 0 saturated carbocycles. The van der Waals surface area contributed by atoms with Crippen molar-refractivity contribution in [3.8, 4) is 0 Å². The SMILES string of the molecule is CN1CCC(CN(C)C(CN)c2cc(Br)c(Br)o2)C1. The lowest BCUT2D eigenvalue weighted by molar-refractivity contribution is 0.189. The molecular formula is C13H21Br2N3O. The predicted molar refractivity (Wildman–Crippen MR) is 84.1 cm³/mol. The number of likely N-dealkylation sites (tertiary alicyclic amines) is 1. The quantitative estimate of drug-likeness (QED) is 0.833. The smallest absolute Gasteiger partial charge is 0.183 e. The molecule has 0 bridgehead atoms. The van der Waals surface area contributed by atoms with Crippen molar-refractivity contribution in [2.75, 3.05) is 40.3 Å². The molecule has 1 aromatic rings. The monoisotopic (exact) mass is 393 g/mol. The van der Waals surface area contributed by atoms with Crippen LogP contribution in [0.1, 0.15) is 18.2 Å². The van der Waals surface area contributed by atoms with Crippen LogP contribution in [0.5, 0.6) is 0 Å². The lowest BCUT2D eigenvalue weighted by atomic mass is 10.1. The summed E-state index contributed by atoms with van der Waals surface area (Å²) in [5.74, 6) is 1.64. The van der Waals surface area contributed by atoms with Gasteiger partial charge in [0.25, 0.3) is 0 Å². The van der Waals surface area contributed by atoms with Gasteiger partial charge in [-0.05, 0) is 70.9 Å². The summed E-state index contributed by atoms with van der Waals surface area (Å²) in [6, 6.07) is 2.13. The Morgan fingerprint density at radius 2 is 2.32 bits per heavy atom. The summed E-state index contributed by atoms with van der Waals surface area (Å²) >= 11 is 6.83. The molecule has 0 amide bonds. The van der Waals surface area contributed by atoms with Crippen LogP contribution in [-0.4, -0.2) is 50.1 Å². The van der Waals surface area contributed by atoms with Crippen LogP contribution >= 0.6 is 31.9 Å². The van der Waals surface area contributed by atoms with E-state index in [1.165, 1.54) is 19.5 Å². The van der Waals surface area contributed by atoms with E-state index >= 15 is 0 Å². The summed E-state index contributed by atoms with van der Waals surface area (Å²) in [6.07, 6.45) is 1.27. The Balaban J connectivity index is 2.00. The van der Waals surface area contributed by atoms with Gasteiger partial charge in [0.1, 0.15) is 5.76 Å². The molecule has 0 spiro atoms. The molecule has 2 atom stereocenters. The zero-order chi connectivity index (χ0) is 14.0. The highest BCUT2D eigenvalue weighted by Gasteiger charge is 2.26. The minimum absolute atomic E-state index is 0.133. The molecule has 1 aromatic heterocycles. The van der Waals surface area contributed by atoms with E-state index in [2.05, 4.69) is 55.8 Å². The van der Waals surface area contributed by atoms with Crippen LogP contribution in [0, 0.1) is 5.92 Å². The lowest BCUT2D eigenvalue weighted by Gasteiger charge is -2.27. The Labute approximate surface area is 131 Å². The molecule has 2 unspecified atom stereocenters. The first-order valence-corrected chi connectivity index (χ1v) is 8.13. The molecule has 4 nitrogen and oxygen atoms in total. The summed E-state index contributed by atoms with van der Waals surface area (Å²) in [5, 5.41) is 0. The van der Waals surface area contributed by atoms with E-state index in [1.54, 1.807) is 0 Å². The Morgan fingerprint density at radius 1 is 1.58 bits per heavy atom. The first-order chi connectivity index (χ1) is 9.01. The second kappa shape index (κ2) is 6.72. The lowest BCUT2D eigenvalue weighted by Crippen LogP contribution is -2.34. The predicted octanol–water partition coefficient (Wildman–Crippen LogP) is 2.69. The number of nitrogens with zero attached hydrogens (tertiary/aromatic N) is 2. The molecule has 0 radical (unpaired) electrons. The first-order valence-electron chi connectivity index (χ1n) is 6.54. The molecule has 2 rings (SSSR count). The standard InChI is InChI=1S/C13H21Br2N3O/c1-17-4-3-9(7-17)8-18(2)11(6-16)12-5-10(14)13(15)19-12/h5,9,11H,3-4,6-8,16H2,1-2H3. The van der Waals surface area contributed by atoms with Crippen LogP contribution in [0.3, 0.4) is 0 Å². The van der Waals surface area contributed by atoms with Gasteiger partial charge < -0.3 is 15.1 Å². The number of furan rings is 1. The molecule has 0 aromatic carbocycles. The molecule has 1 fully saturated rings. The van der Waals surface area contributed by atoms with Gasteiger partial charge in [-0.25, -0.2) is 0 Å². The zero-order valence-electron chi connectivity index (χ0n) is 11.4. The molecular weight excluding hydrogens is 374 g/mol. The third-order valence-corrected chi connectivity index (χ3v) is 5.49. The number of rotatable bonds is 5. The third kappa shape index (κ3) is 3.82. The van der Waals surface area contributed by atoms with Gasteiger partial charge >= 0.3 is 0 Å². The summed E-state index contributed by atoms with van der Waals surface area (Å²) < 4.78 is 7.38. The number of likely N-dealkylation sites (N-methyl/N-ethyl adjacent to an activating group) is 1. The highest BCUT2D eigenvalue weighted by molar-refractivity contribution is 9.13. The second-order valence-corrected chi connectivity index (χ2v) is 6.95. The van der Waals surface area contributed by atoms with Crippen LogP contribution in [0.2, 0.25) is 0 Å². The summed E-state index contributed by atoms with van der Waals surface area (Å²) in [7, 11) is 4.31. The molecule has 108 valence electrons. The molecule has 6 heteroatoms. The zero-order valence-corrected chi connectivity index (χ0v) is 14.6. The van der Waals surface area contributed by atoms with Gasteiger partial charge in [-0.3, -0.25) is 4.90 Å². The molecule has 1 aliphatic heterocycles. The maximum absolute atomic E-state index is 5.92. The van der Waals surface area contributed by atoms with E-state index in [-0.39, 0.29) is 6.04 Å². The van der Waals surface area contributed by atoms with Gasteiger partial charge in [0, 0.05) is 19.6 Å². The Kier molecular flexibility index (Phi) is 5.48. The number of hydrogen-bond donors (Lipinski definition) is 1. The summed E-state index contributed by atoms with van der Waals surface area (Å²) in [4.78, 5) is 4.69. The molecule has 1 saturated heterocycles.